The number of aryl methyl sites for hydroxylation is 1. The summed E-state index contributed by atoms with van der Waals surface area (Å²) in [5.74, 6) is 0.983. The van der Waals surface area contributed by atoms with E-state index in [1.807, 2.05) is 31.8 Å². The van der Waals surface area contributed by atoms with Crippen molar-refractivity contribution < 1.29 is 4.74 Å². The number of hydrogen-bond donors (Lipinski definition) is 0. The molecule has 6 heterocycles. The van der Waals surface area contributed by atoms with Gasteiger partial charge in [0.2, 0.25) is 0 Å². The summed E-state index contributed by atoms with van der Waals surface area (Å²) in [4.78, 5) is 9.72. The minimum absolute atomic E-state index is 0.352. The Hall–Kier alpha value is -3.74. The predicted octanol–water partition coefficient (Wildman–Crippen LogP) is 4.53. The Morgan fingerprint density at radius 3 is 2.51 bits per heavy atom. The van der Waals surface area contributed by atoms with Crippen LogP contribution in [0.3, 0.4) is 0 Å². The molecule has 4 aromatic rings. The maximum atomic E-state index is 9.69. The summed E-state index contributed by atoms with van der Waals surface area (Å²) in [6.07, 6.45) is 16.8. The molecule has 4 aromatic heterocycles. The minimum atomic E-state index is 0.352. The maximum absolute atomic E-state index is 9.69. The molecule has 202 valence electrons. The van der Waals surface area contributed by atoms with Gasteiger partial charge < -0.3 is 14.5 Å². The Kier molecular flexibility index (Phi) is 7.57. The molecule has 9 nitrogen and oxygen atoms in total. The van der Waals surface area contributed by atoms with E-state index in [0.717, 1.165) is 72.5 Å². The molecule has 6 rings (SSSR count). The van der Waals surface area contributed by atoms with Crippen LogP contribution in [0.5, 0.6) is 0 Å². The van der Waals surface area contributed by atoms with Crippen LogP contribution in [0.4, 0.5) is 5.82 Å². The number of unbranched alkanes of at least 4 members (excludes halogenated alkanes) is 2. The van der Waals surface area contributed by atoms with Crippen LogP contribution in [-0.4, -0.2) is 74.7 Å². The third kappa shape index (κ3) is 5.68. The minimum Gasteiger partial charge on any atom is -0.378 e. The molecule has 2 fully saturated rings. The Bertz CT molecular complexity index is 1440. The standard InChI is InChI=1S/C30H36N8O/c1-35-21-26(20-33-35)24-16-28(30-25(17-31)19-34-38(30)22-24)23-6-7-29(32-18-23)37-13-8-27(9-14-37)39-15-4-2-3-10-36-11-5-12-36/h6-7,16,18-22,27H,2-5,8-15H2,1H3. The molecule has 0 spiro atoms. The van der Waals surface area contributed by atoms with Crippen LogP contribution < -0.4 is 4.90 Å². The van der Waals surface area contributed by atoms with Gasteiger partial charge in [0.1, 0.15) is 11.9 Å². The lowest BCUT2D eigenvalue weighted by atomic mass is 10.0. The number of nitriles is 1. The van der Waals surface area contributed by atoms with Gasteiger partial charge in [0.25, 0.3) is 0 Å². The monoisotopic (exact) mass is 524 g/mol. The molecule has 39 heavy (non-hydrogen) atoms. The van der Waals surface area contributed by atoms with Crippen LogP contribution in [0.25, 0.3) is 27.8 Å². The molecule has 2 aliphatic heterocycles. The molecular weight excluding hydrogens is 488 g/mol. The topological polar surface area (TPSA) is 87.5 Å². The van der Waals surface area contributed by atoms with E-state index in [4.69, 9.17) is 9.72 Å². The zero-order valence-corrected chi connectivity index (χ0v) is 22.7. The quantitative estimate of drug-likeness (QED) is 0.282. The van der Waals surface area contributed by atoms with Gasteiger partial charge in [-0.2, -0.15) is 15.5 Å². The van der Waals surface area contributed by atoms with E-state index in [-0.39, 0.29) is 0 Å². The van der Waals surface area contributed by atoms with E-state index in [1.54, 1.807) is 15.4 Å². The molecule has 0 saturated carbocycles. The van der Waals surface area contributed by atoms with Crippen molar-refractivity contribution in [2.45, 2.75) is 44.6 Å². The maximum Gasteiger partial charge on any atom is 0.128 e. The van der Waals surface area contributed by atoms with E-state index in [2.05, 4.69) is 44.3 Å². The molecule has 0 atom stereocenters. The lowest BCUT2D eigenvalue weighted by Crippen LogP contribution is -2.38. The van der Waals surface area contributed by atoms with Crippen molar-refractivity contribution in [3.05, 3.63) is 54.7 Å². The highest BCUT2D eigenvalue weighted by atomic mass is 16.5. The van der Waals surface area contributed by atoms with E-state index in [0.29, 0.717) is 11.7 Å². The third-order valence-corrected chi connectivity index (χ3v) is 8.02. The van der Waals surface area contributed by atoms with Gasteiger partial charge in [0.15, 0.2) is 0 Å². The van der Waals surface area contributed by atoms with Crippen molar-refractivity contribution in [1.82, 2.24) is 29.3 Å². The SMILES string of the molecule is Cn1cc(-c2cc(-c3ccc(N4CCC(OCCCCCN5CCC5)CC4)nc3)c3c(C#N)cnn3c2)cn1. The molecule has 0 unspecified atom stereocenters. The smallest absolute Gasteiger partial charge is 0.128 e. The van der Waals surface area contributed by atoms with Gasteiger partial charge in [-0.1, -0.05) is 0 Å². The number of rotatable bonds is 10. The van der Waals surface area contributed by atoms with Gasteiger partial charge in [0.05, 0.1) is 29.6 Å². The number of likely N-dealkylation sites (tertiary alicyclic amines) is 1. The summed E-state index contributed by atoms with van der Waals surface area (Å²) in [7, 11) is 1.90. The molecule has 0 radical (unpaired) electrons. The van der Waals surface area contributed by atoms with Crippen molar-refractivity contribution in [2.24, 2.45) is 7.05 Å². The van der Waals surface area contributed by atoms with E-state index >= 15 is 0 Å². The summed E-state index contributed by atoms with van der Waals surface area (Å²) < 4.78 is 9.75. The molecule has 0 aromatic carbocycles. The lowest BCUT2D eigenvalue weighted by Gasteiger charge is -2.33. The van der Waals surface area contributed by atoms with Crippen LogP contribution in [0.15, 0.2) is 49.2 Å². The normalized spacial score (nSPS) is 16.5. The lowest BCUT2D eigenvalue weighted by molar-refractivity contribution is 0.0342. The summed E-state index contributed by atoms with van der Waals surface area (Å²) in [6, 6.07) is 8.57. The number of nitrogens with zero attached hydrogens (tertiary/aromatic N) is 8. The van der Waals surface area contributed by atoms with Crippen LogP contribution in [0, 0.1) is 11.3 Å². The zero-order chi connectivity index (χ0) is 26.6. The van der Waals surface area contributed by atoms with Crippen molar-refractivity contribution in [1.29, 1.82) is 5.26 Å². The van der Waals surface area contributed by atoms with Gasteiger partial charge >= 0.3 is 0 Å². The number of piperidine rings is 1. The molecule has 2 aliphatic rings. The van der Waals surface area contributed by atoms with Crippen molar-refractivity contribution >= 4 is 11.3 Å². The Balaban J connectivity index is 1.08. The van der Waals surface area contributed by atoms with Crippen LogP contribution >= 0.6 is 0 Å². The van der Waals surface area contributed by atoms with E-state index < -0.39 is 0 Å². The molecule has 9 heteroatoms. The second-order valence-corrected chi connectivity index (χ2v) is 10.7. The first-order chi connectivity index (χ1) is 19.2. The molecule has 2 saturated heterocycles. The molecule has 0 amide bonds. The number of aromatic nitrogens is 5. The van der Waals surface area contributed by atoms with E-state index in [9.17, 15) is 5.26 Å². The number of pyridine rings is 2. The molecule has 0 aliphatic carbocycles. The van der Waals surface area contributed by atoms with Gasteiger partial charge in [0, 0.05) is 67.6 Å². The first kappa shape index (κ1) is 25.5. The fourth-order valence-electron chi connectivity index (χ4n) is 5.61. The fraction of sp³-hybridized carbons (Fsp3) is 0.467. The summed E-state index contributed by atoms with van der Waals surface area (Å²) in [5.41, 5.74) is 5.21. The average Bonchev–Trinajstić information content (AvgIpc) is 3.57. The van der Waals surface area contributed by atoms with E-state index in [1.165, 1.54) is 38.9 Å². The first-order valence-corrected chi connectivity index (χ1v) is 14.1. The highest BCUT2D eigenvalue weighted by Gasteiger charge is 2.21. The van der Waals surface area contributed by atoms with Crippen molar-refractivity contribution in [3.63, 3.8) is 0 Å². The molecule has 0 bridgehead atoms. The molecule has 0 N–H and O–H groups in total. The fourth-order valence-corrected chi connectivity index (χ4v) is 5.61. The summed E-state index contributed by atoms with van der Waals surface area (Å²) >= 11 is 0. The second-order valence-electron chi connectivity index (χ2n) is 10.7. The van der Waals surface area contributed by atoms with Gasteiger partial charge in [-0.05, 0) is 76.4 Å². The average molecular weight is 525 g/mol. The number of anilines is 1. The predicted molar refractivity (Wildman–Crippen MR) is 151 cm³/mol. The Morgan fingerprint density at radius 1 is 0.949 bits per heavy atom. The first-order valence-electron chi connectivity index (χ1n) is 14.1. The van der Waals surface area contributed by atoms with Gasteiger partial charge in [-0.15, -0.1) is 0 Å². The summed E-state index contributed by atoms with van der Waals surface area (Å²) in [5, 5.41) is 18.4. The summed E-state index contributed by atoms with van der Waals surface area (Å²) in [6.45, 7) is 6.63. The Labute approximate surface area is 229 Å². The highest BCUT2D eigenvalue weighted by molar-refractivity contribution is 5.87. The van der Waals surface area contributed by atoms with Crippen molar-refractivity contribution in [2.75, 3.05) is 44.2 Å². The number of ether oxygens (including phenoxy) is 1. The van der Waals surface area contributed by atoms with Crippen molar-refractivity contribution in [3.8, 4) is 28.3 Å². The van der Waals surface area contributed by atoms with Crippen LogP contribution in [0.1, 0.15) is 44.1 Å². The third-order valence-electron chi connectivity index (χ3n) is 8.02. The molecular formula is C30H36N8O. The highest BCUT2D eigenvalue weighted by Crippen LogP contribution is 2.32. The van der Waals surface area contributed by atoms with Crippen LogP contribution in [-0.2, 0) is 11.8 Å². The van der Waals surface area contributed by atoms with Crippen LogP contribution in [0.2, 0.25) is 0 Å². The van der Waals surface area contributed by atoms with Gasteiger partial charge in [-0.25, -0.2) is 9.50 Å². The number of fused-ring (bicyclic) bond motifs is 1. The zero-order valence-electron chi connectivity index (χ0n) is 22.7. The number of hydrogen-bond acceptors (Lipinski definition) is 7. The van der Waals surface area contributed by atoms with Gasteiger partial charge in [-0.3, -0.25) is 4.68 Å². The Morgan fingerprint density at radius 2 is 1.82 bits per heavy atom. The second kappa shape index (κ2) is 11.6. The largest absolute Gasteiger partial charge is 0.378 e.